The van der Waals surface area contributed by atoms with Gasteiger partial charge in [0.2, 0.25) is 0 Å². The fourth-order valence-electron chi connectivity index (χ4n) is 2.88. The van der Waals surface area contributed by atoms with Gasteiger partial charge in [0.05, 0.1) is 0 Å². The van der Waals surface area contributed by atoms with Crippen LogP contribution < -0.4 is 4.74 Å². The molecule has 3 rings (SSSR count). The Kier molecular flexibility index (Phi) is 7.69. The van der Waals surface area contributed by atoms with E-state index >= 15 is 0 Å². The third-order valence-corrected chi connectivity index (χ3v) is 4.95. The Morgan fingerprint density at radius 2 is 1.55 bits per heavy atom. The van der Waals surface area contributed by atoms with E-state index < -0.39 is 0 Å². The molecule has 0 aliphatic rings. The van der Waals surface area contributed by atoms with Crippen molar-refractivity contribution in [3.05, 3.63) is 83.1 Å². The molecule has 0 N–H and O–H groups in total. The highest BCUT2D eigenvalue weighted by atomic mass is 35.5. The van der Waals surface area contributed by atoms with Crippen LogP contribution in [-0.4, -0.2) is 36.1 Å². The van der Waals surface area contributed by atoms with E-state index in [2.05, 4.69) is 35.6 Å². The number of ether oxygens (including phenoxy) is 1. The molecule has 0 aliphatic carbocycles. The summed E-state index contributed by atoms with van der Waals surface area (Å²) in [6.07, 6.45) is 1.83. The van der Waals surface area contributed by atoms with Gasteiger partial charge in [-0.2, -0.15) is 0 Å². The fraction of sp³-hybridized carbons (Fsp3) is 0.240. The number of likely N-dealkylation sites (N-methyl/N-ethyl adjacent to an activating group) is 1. The molecule has 29 heavy (non-hydrogen) atoms. The smallest absolute Gasteiger partial charge is 0.119 e. The molecule has 0 amide bonds. The van der Waals surface area contributed by atoms with Crippen molar-refractivity contribution < 1.29 is 4.74 Å². The second kappa shape index (κ2) is 10.7. The summed E-state index contributed by atoms with van der Waals surface area (Å²) in [5.41, 5.74) is 3.79. The van der Waals surface area contributed by atoms with Crippen molar-refractivity contribution in [2.24, 2.45) is 0 Å². The molecule has 0 saturated carbocycles. The molecule has 0 saturated heterocycles. The zero-order valence-corrected chi connectivity index (χ0v) is 17.6. The topological polar surface area (TPSA) is 25.4 Å². The lowest BCUT2D eigenvalue weighted by molar-refractivity contribution is 0.223. The largest absolute Gasteiger partial charge is 0.492 e. The minimum Gasteiger partial charge on any atom is -0.492 e. The number of aromatic nitrogens is 1. The second-order valence-corrected chi connectivity index (χ2v) is 7.03. The molecule has 0 atom stereocenters. The molecule has 148 valence electrons. The Morgan fingerprint density at radius 3 is 2.17 bits per heavy atom. The standard InChI is InChI=1S/C25H25ClN2O/c1-3-28(4-2)17-18-29-25-15-6-20(7-16-25)5-13-24-14-10-22(19-27-24)21-8-11-23(26)12-9-21/h6-12,14-16,19H,3-4,17-18H2,1-2H3. The third kappa shape index (κ3) is 6.35. The maximum atomic E-state index is 5.94. The Morgan fingerprint density at radius 1 is 0.862 bits per heavy atom. The number of benzene rings is 2. The highest BCUT2D eigenvalue weighted by Crippen LogP contribution is 2.20. The summed E-state index contributed by atoms with van der Waals surface area (Å²) < 4.78 is 5.81. The molecule has 0 fully saturated rings. The third-order valence-electron chi connectivity index (χ3n) is 4.70. The molecule has 0 unspecified atom stereocenters. The molecular weight excluding hydrogens is 380 g/mol. The van der Waals surface area contributed by atoms with E-state index in [0.29, 0.717) is 6.61 Å². The van der Waals surface area contributed by atoms with E-state index in [1.54, 1.807) is 0 Å². The van der Waals surface area contributed by atoms with Gasteiger partial charge in [-0.25, -0.2) is 4.98 Å². The van der Waals surface area contributed by atoms with Gasteiger partial charge in [-0.1, -0.05) is 49.6 Å². The summed E-state index contributed by atoms with van der Waals surface area (Å²) in [4.78, 5) is 6.79. The average molecular weight is 405 g/mol. The van der Waals surface area contributed by atoms with Crippen molar-refractivity contribution in [2.45, 2.75) is 13.8 Å². The molecule has 3 nitrogen and oxygen atoms in total. The lowest BCUT2D eigenvalue weighted by Crippen LogP contribution is -2.27. The van der Waals surface area contributed by atoms with Crippen molar-refractivity contribution in [1.82, 2.24) is 9.88 Å². The minimum absolute atomic E-state index is 0.691. The second-order valence-electron chi connectivity index (χ2n) is 6.59. The summed E-state index contributed by atoms with van der Waals surface area (Å²) >= 11 is 5.94. The predicted octanol–water partition coefficient (Wildman–Crippen LogP) is 5.52. The summed E-state index contributed by atoms with van der Waals surface area (Å²) in [6, 6.07) is 19.5. The van der Waals surface area contributed by atoms with E-state index in [4.69, 9.17) is 16.3 Å². The molecule has 1 heterocycles. The Labute approximate surface area is 178 Å². The van der Waals surface area contributed by atoms with Crippen LogP contribution in [-0.2, 0) is 0 Å². The highest BCUT2D eigenvalue weighted by molar-refractivity contribution is 6.30. The van der Waals surface area contributed by atoms with Crippen LogP contribution >= 0.6 is 11.6 Å². The van der Waals surface area contributed by atoms with Crippen molar-refractivity contribution in [3.63, 3.8) is 0 Å². The van der Waals surface area contributed by atoms with Crippen molar-refractivity contribution >= 4 is 11.6 Å². The van der Waals surface area contributed by atoms with Crippen LogP contribution in [0.1, 0.15) is 25.1 Å². The molecule has 4 heteroatoms. The van der Waals surface area contributed by atoms with Crippen LogP contribution in [0.15, 0.2) is 66.9 Å². The summed E-state index contributed by atoms with van der Waals surface area (Å²) in [5, 5.41) is 0.726. The highest BCUT2D eigenvalue weighted by Gasteiger charge is 2.00. The van der Waals surface area contributed by atoms with E-state index in [1.165, 1.54) is 0 Å². The molecule has 0 bridgehead atoms. The maximum Gasteiger partial charge on any atom is 0.119 e. The van der Waals surface area contributed by atoms with Crippen molar-refractivity contribution in [3.8, 4) is 28.7 Å². The van der Waals surface area contributed by atoms with Crippen molar-refractivity contribution in [2.75, 3.05) is 26.2 Å². The Balaban J connectivity index is 1.57. The van der Waals surface area contributed by atoms with Gasteiger partial charge >= 0.3 is 0 Å². The molecule has 0 aliphatic heterocycles. The zero-order chi connectivity index (χ0) is 20.5. The van der Waals surface area contributed by atoms with Crippen LogP contribution in [0.5, 0.6) is 5.75 Å². The number of hydrogen-bond acceptors (Lipinski definition) is 3. The first-order valence-corrected chi connectivity index (χ1v) is 10.2. The molecular formula is C25H25ClN2O. The van der Waals surface area contributed by atoms with Gasteiger partial charge in [-0.05, 0) is 67.0 Å². The monoisotopic (exact) mass is 404 g/mol. The summed E-state index contributed by atoms with van der Waals surface area (Å²) in [6.45, 7) is 8.04. The van der Waals surface area contributed by atoms with Crippen LogP contribution in [0, 0.1) is 11.8 Å². The quantitative estimate of drug-likeness (QED) is 0.484. The Bertz CT molecular complexity index is 951. The molecule has 3 aromatic rings. The lowest BCUT2D eigenvalue weighted by Gasteiger charge is -2.17. The van der Waals surface area contributed by atoms with Crippen LogP contribution in [0.25, 0.3) is 11.1 Å². The van der Waals surface area contributed by atoms with Gasteiger partial charge in [0, 0.05) is 28.9 Å². The summed E-state index contributed by atoms with van der Waals surface area (Å²) in [5.74, 6) is 7.13. The molecule has 0 radical (unpaired) electrons. The number of nitrogens with zero attached hydrogens (tertiary/aromatic N) is 2. The molecule has 2 aromatic carbocycles. The van der Waals surface area contributed by atoms with Crippen LogP contribution in [0.3, 0.4) is 0 Å². The first-order chi connectivity index (χ1) is 14.2. The van der Waals surface area contributed by atoms with Crippen molar-refractivity contribution in [1.29, 1.82) is 0 Å². The van der Waals surface area contributed by atoms with Gasteiger partial charge in [0.15, 0.2) is 0 Å². The number of halogens is 1. The Hall–Kier alpha value is -2.80. The molecule has 0 spiro atoms. The first-order valence-electron chi connectivity index (χ1n) is 9.87. The minimum atomic E-state index is 0.691. The number of hydrogen-bond donors (Lipinski definition) is 0. The first kappa shape index (κ1) is 20.9. The van der Waals surface area contributed by atoms with Gasteiger partial charge < -0.3 is 9.64 Å². The normalized spacial score (nSPS) is 10.5. The average Bonchev–Trinajstić information content (AvgIpc) is 2.77. The maximum absolute atomic E-state index is 5.94. The van der Waals surface area contributed by atoms with E-state index in [0.717, 1.165) is 52.8 Å². The zero-order valence-electron chi connectivity index (χ0n) is 16.9. The van der Waals surface area contributed by atoms with Gasteiger partial charge in [-0.3, -0.25) is 0 Å². The van der Waals surface area contributed by atoms with Gasteiger partial charge in [0.25, 0.3) is 0 Å². The van der Waals surface area contributed by atoms with Gasteiger partial charge in [0.1, 0.15) is 18.1 Å². The number of rotatable bonds is 7. The molecule has 1 aromatic heterocycles. The van der Waals surface area contributed by atoms with Crippen LogP contribution in [0.4, 0.5) is 0 Å². The van der Waals surface area contributed by atoms with Crippen LogP contribution in [0.2, 0.25) is 5.02 Å². The SMILES string of the molecule is CCN(CC)CCOc1ccc(C#Cc2ccc(-c3ccc(Cl)cc3)cn2)cc1. The van der Waals surface area contributed by atoms with E-state index in [9.17, 15) is 0 Å². The predicted molar refractivity (Wildman–Crippen MR) is 120 cm³/mol. The summed E-state index contributed by atoms with van der Waals surface area (Å²) in [7, 11) is 0. The van der Waals surface area contributed by atoms with Gasteiger partial charge in [-0.15, -0.1) is 0 Å². The van der Waals surface area contributed by atoms with E-state index in [1.807, 2.05) is 66.9 Å². The fourth-order valence-corrected chi connectivity index (χ4v) is 3.01. The lowest BCUT2D eigenvalue weighted by atomic mass is 10.1. The van der Waals surface area contributed by atoms with E-state index in [-0.39, 0.29) is 0 Å². The number of pyridine rings is 1.